The van der Waals surface area contributed by atoms with Gasteiger partial charge in [-0.05, 0) is 24.1 Å². The Kier molecular flexibility index (Phi) is 2.34. The van der Waals surface area contributed by atoms with Crippen molar-refractivity contribution >= 4 is 5.91 Å². The van der Waals surface area contributed by atoms with E-state index in [2.05, 4.69) is 0 Å². The van der Waals surface area contributed by atoms with Gasteiger partial charge in [0.25, 0.3) is 0 Å². The average Bonchev–Trinajstić information content (AvgIpc) is 2.08. The molecule has 0 heterocycles. The molecule has 3 heteroatoms. The summed E-state index contributed by atoms with van der Waals surface area (Å²) in [5.74, 6) is -0.992. The number of aryl methyl sites for hydroxylation is 1. The number of hydrogen-bond donors (Lipinski definition) is 1. The van der Waals surface area contributed by atoms with Crippen LogP contribution >= 0.6 is 0 Å². The molecule has 64 valence electrons. The molecule has 0 unspecified atom stereocenters. The highest BCUT2D eigenvalue weighted by Gasteiger charge is 1.96. The Hall–Kier alpha value is -1.38. The minimum absolute atomic E-state index is 0.232. The summed E-state index contributed by atoms with van der Waals surface area (Å²) in [5.41, 5.74) is 5.65. The summed E-state index contributed by atoms with van der Waals surface area (Å²) in [6, 6.07) is 5.67. The number of primary amides is 1. The molecule has 0 aliphatic heterocycles. The third kappa shape index (κ3) is 2.70. The fraction of sp³-hybridized carbons (Fsp3) is 0.222. The van der Waals surface area contributed by atoms with Gasteiger partial charge >= 0.3 is 0 Å². The summed E-state index contributed by atoms with van der Waals surface area (Å²) in [7, 11) is 0. The molecule has 0 saturated heterocycles. The smallest absolute Gasteiger partial charge is 0.217 e. The van der Waals surface area contributed by atoms with Crippen molar-refractivity contribution in [2.75, 3.05) is 0 Å². The molecule has 0 fully saturated rings. The third-order valence-electron chi connectivity index (χ3n) is 1.45. The Morgan fingerprint density at radius 3 is 2.58 bits per heavy atom. The van der Waals surface area contributed by atoms with Gasteiger partial charge in [-0.25, -0.2) is 4.39 Å². The van der Waals surface area contributed by atoms with Crippen LogP contribution in [-0.2, 0) is 11.2 Å². The molecule has 12 heavy (non-hydrogen) atoms. The van der Waals surface area contributed by atoms with Gasteiger partial charge in [-0.1, -0.05) is 12.1 Å². The Morgan fingerprint density at radius 2 is 2.08 bits per heavy atom. The Labute approximate surface area is 71.6 Å². The van der Waals surface area contributed by atoms with Crippen LogP contribution in [-0.4, -0.2) is 5.91 Å². The summed E-state index contributed by atoms with van der Waals surface area (Å²) in [4.78, 5) is 10.5. The molecule has 2 nitrogen and oxygen atoms in total. The number of nitrogens with two attached hydrogens (primary N) is 1. The first kappa shape index (κ1) is 7.28. The zero-order chi connectivity index (χ0) is 9.84. The molecule has 0 aliphatic carbocycles. The monoisotopic (exact) mass is 168 g/mol. The highest BCUT2D eigenvalue weighted by molar-refractivity contribution is 5.73. The highest BCUT2D eigenvalue weighted by Crippen LogP contribution is 2.04. The van der Waals surface area contributed by atoms with E-state index < -0.39 is 12.3 Å². The summed E-state index contributed by atoms with van der Waals surface area (Å²) in [6.45, 7) is 0. The molecule has 0 aliphatic rings. The SMILES string of the molecule is [2H][C@@H](Cc1ccc(F)cc1)C(N)=O. The van der Waals surface area contributed by atoms with Crippen molar-refractivity contribution in [3.8, 4) is 0 Å². The first-order chi connectivity index (χ1) is 6.09. The van der Waals surface area contributed by atoms with E-state index in [0.29, 0.717) is 0 Å². The van der Waals surface area contributed by atoms with Crippen LogP contribution in [0.5, 0.6) is 0 Å². The Balaban J connectivity index is 2.64. The standard InChI is InChI=1S/C9H10FNO/c10-8-4-1-7(2-5-8)3-6-9(11)12/h1-2,4-5H,3,6H2,(H2,11,12)/i6D/t6-/m0/s1. The fourth-order valence-electron chi connectivity index (χ4n) is 0.839. The highest BCUT2D eigenvalue weighted by atomic mass is 19.1. The van der Waals surface area contributed by atoms with Crippen molar-refractivity contribution in [3.05, 3.63) is 35.6 Å². The van der Waals surface area contributed by atoms with E-state index in [4.69, 9.17) is 7.10 Å². The lowest BCUT2D eigenvalue weighted by atomic mass is 10.1. The van der Waals surface area contributed by atoms with E-state index in [-0.39, 0.29) is 12.2 Å². The van der Waals surface area contributed by atoms with E-state index in [1.807, 2.05) is 0 Å². The lowest BCUT2D eigenvalue weighted by Gasteiger charge is -1.97. The Morgan fingerprint density at radius 1 is 1.50 bits per heavy atom. The van der Waals surface area contributed by atoms with Crippen LogP contribution in [0.25, 0.3) is 0 Å². The lowest BCUT2D eigenvalue weighted by molar-refractivity contribution is -0.117. The molecular formula is C9H10FNO. The van der Waals surface area contributed by atoms with Gasteiger partial charge in [-0.2, -0.15) is 0 Å². The van der Waals surface area contributed by atoms with Gasteiger partial charge < -0.3 is 5.73 Å². The number of rotatable bonds is 3. The molecule has 0 bridgehead atoms. The third-order valence-corrected chi connectivity index (χ3v) is 1.45. The minimum atomic E-state index is -0.953. The van der Waals surface area contributed by atoms with Gasteiger partial charge in [0, 0.05) is 7.77 Å². The van der Waals surface area contributed by atoms with Crippen molar-refractivity contribution < 1.29 is 10.6 Å². The van der Waals surface area contributed by atoms with E-state index in [1.54, 1.807) is 12.1 Å². The fourth-order valence-corrected chi connectivity index (χ4v) is 0.839. The quantitative estimate of drug-likeness (QED) is 0.725. The van der Waals surface area contributed by atoms with E-state index in [9.17, 15) is 9.18 Å². The number of hydrogen-bond acceptors (Lipinski definition) is 1. The Bertz CT molecular complexity index is 299. The largest absolute Gasteiger partial charge is 0.370 e. The summed E-state index contributed by atoms with van der Waals surface area (Å²) >= 11 is 0. The van der Waals surface area contributed by atoms with E-state index in [1.165, 1.54) is 12.1 Å². The molecule has 0 spiro atoms. The van der Waals surface area contributed by atoms with Crippen LogP contribution in [0.1, 0.15) is 13.3 Å². The molecule has 1 aromatic rings. The summed E-state index contributed by atoms with van der Waals surface area (Å²) in [6.07, 6.45) is -0.722. The van der Waals surface area contributed by atoms with Crippen molar-refractivity contribution in [3.63, 3.8) is 0 Å². The van der Waals surface area contributed by atoms with Crippen molar-refractivity contribution in [2.24, 2.45) is 5.73 Å². The minimum Gasteiger partial charge on any atom is -0.370 e. The molecular weight excluding hydrogens is 157 g/mol. The maximum atomic E-state index is 12.4. The molecule has 1 rings (SSSR count). The van der Waals surface area contributed by atoms with Crippen LogP contribution in [0, 0.1) is 5.82 Å². The second kappa shape index (κ2) is 3.85. The predicted molar refractivity (Wildman–Crippen MR) is 43.9 cm³/mol. The molecule has 1 atom stereocenters. The number of benzene rings is 1. The number of amides is 1. The van der Waals surface area contributed by atoms with Gasteiger partial charge in [0.2, 0.25) is 5.91 Å². The first-order valence-electron chi connectivity index (χ1n) is 4.13. The molecule has 0 aromatic heterocycles. The topological polar surface area (TPSA) is 43.1 Å². The second-order valence-electron chi connectivity index (χ2n) is 2.44. The molecule has 2 N–H and O–H groups in total. The summed E-state index contributed by atoms with van der Waals surface area (Å²) < 4.78 is 19.7. The van der Waals surface area contributed by atoms with Gasteiger partial charge in [0.05, 0.1) is 0 Å². The van der Waals surface area contributed by atoms with Crippen LogP contribution in [0.3, 0.4) is 0 Å². The van der Waals surface area contributed by atoms with Crippen LogP contribution in [0.2, 0.25) is 0 Å². The number of carbonyl (C=O) groups is 1. The maximum absolute atomic E-state index is 12.4. The van der Waals surface area contributed by atoms with Gasteiger partial charge in [0.15, 0.2) is 0 Å². The van der Waals surface area contributed by atoms with E-state index in [0.717, 1.165) is 5.56 Å². The summed E-state index contributed by atoms with van der Waals surface area (Å²) in [5, 5.41) is 0. The molecule has 1 amide bonds. The van der Waals surface area contributed by atoms with Gasteiger partial charge in [-0.3, -0.25) is 4.79 Å². The predicted octanol–water partition coefficient (Wildman–Crippen LogP) is 1.24. The first-order valence-corrected chi connectivity index (χ1v) is 3.55. The maximum Gasteiger partial charge on any atom is 0.217 e. The average molecular weight is 168 g/mol. The van der Waals surface area contributed by atoms with Crippen LogP contribution < -0.4 is 5.73 Å². The van der Waals surface area contributed by atoms with E-state index >= 15 is 0 Å². The molecule has 0 saturated carbocycles. The zero-order valence-electron chi connectivity index (χ0n) is 7.46. The normalized spacial score (nSPS) is 13.6. The van der Waals surface area contributed by atoms with Crippen LogP contribution in [0.4, 0.5) is 4.39 Å². The molecule has 0 radical (unpaired) electrons. The lowest BCUT2D eigenvalue weighted by Crippen LogP contribution is -2.11. The van der Waals surface area contributed by atoms with Crippen molar-refractivity contribution in [2.45, 2.75) is 12.8 Å². The van der Waals surface area contributed by atoms with Crippen LogP contribution in [0.15, 0.2) is 24.3 Å². The van der Waals surface area contributed by atoms with Crippen molar-refractivity contribution in [1.82, 2.24) is 0 Å². The number of carbonyl (C=O) groups excluding carboxylic acids is 1. The van der Waals surface area contributed by atoms with Crippen molar-refractivity contribution in [1.29, 1.82) is 0 Å². The second-order valence-corrected chi connectivity index (χ2v) is 2.44. The van der Waals surface area contributed by atoms with Gasteiger partial charge in [0.1, 0.15) is 5.82 Å². The molecule has 1 aromatic carbocycles. The van der Waals surface area contributed by atoms with Gasteiger partial charge in [-0.15, -0.1) is 0 Å². The zero-order valence-corrected chi connectivity index (χ0v) is 6.46. The number of halogens is 1.